The van der Waals surface area contributed by atoms with E-state index in [0.717, 1.165) is 0 Å². The Balaban J connectivity index is -0.0000000800. The molecule has 2 N–H and O–H groups in total. The SMILES string of the molecule is O.[Na+].[O-]OO[N]=[Ag]. The van der Waals surface area contributed by atoms with Gasteiger partial charge in [0.25, 0.3) is 0 Å². The van der Waals surface area contributed by atoms with Crippen molar-refractivity contribution in [2.75, 3.05) is 0 Å². The minimum atomic E-state index is 0. The Hall–Kier alpha value is 1.38. The Labute approximate surface area is 74.2 Å². The third-order valence-corrected chi connectivity index (χ3v) is 0.163. The molecule has 0 aliphatic heterocycles. The van der Waals surface area contributed by atoms with Crippen LogP contribution in [0.25, 0.3) is 0 Å². The second-order valence-corrected chi connectivity index (χ2v) is 0.468. The Morgan fingerprint density at radius 1 is 1.57 bits per heavy atom. The van der Waals surface area contributed by atoms with Gasteiger partial charge in [0.05, 0.1) is 0 Å². The molecule has 0 unspecified atom stereocenters. The average Bonchev–Trinajstić information content (AvgIpc) is 1.41. The van der Waals surface area contributed by atoms with Gasteiger partial charge in [-0.3, -0.25) is 0 Å². The van der Waals surface area contributed by atoms with Gasteiger partial charge in [0.15, 0.2) is 0 Å². The topological polar surface area (TPSA) is 85.4 Å². The standard InChI is InChI=1S/Ag.HNO3.Na.H2O/c;1-3-4-2;;/h;2H;;1H2/q;;+1;/p-1. The van der Waals surface area contributed by atoms with Crippen LogP contribution in [0.15, 0.2) is 3.50 Å². The number of rotatable bonds is 2. The first kappa shape index (κ1) is 15.8. The van der Waals surface area contributed by atoms with E-state index >= 15 is 0 Å². The van der Waals surface area contributed by atoms with Gasteiger partial charge in [0, 0.05) is 0 Å². The van der Waals surface area contributed by atoms with E-state index in [-0.39, 0.29) is 35.0 Å². The van der Waals surface area contributed by atoms with E-state index in [2.05, 4.69) is 34.4 Å². The quantitative estimate of drug-likeness (QED) is 0.260. The molecule has 0 atom stereocenters. The van der Waals surface area contributed by atoms with E-state index in [9.17, 15) is 0 Å². The number of hydrogen-bond acceptors (Lipinski definition) is 4. The second kappa shape index (κ2) is 15.7. The zero-order chi connectivity index (χ0) is 4.12. The van der Waals surface area contributed by atoms with Gasteiger partial charge < -0.3 is 5.48 Å². The van der Waals surface area contributed by atoms with Crippen LogP contribution in [-0.4, -0.2) is 5.48 Å². The first-order valence-electron chi connectivity index (χ1n) is 0.651. The van der Waals surface area contributed by atoms with E-state index in [4.69, 9.17) is 5.26 Å². The molecule has 7 heteroatoms. The molecule has 0 radical (unpaired) electrons. The normalized spacial score (nSPS) is 5.57. The molecule has 0 bridgehead atoms. The maximum atomic E-state index is 8.68. The van der Waals surface area contributed by atoms with E-state index < -0.39 is 0 Å². The van der Waals surface area contributed by atoms with Gasteiger partial charge in [-0.15, -0.1) is 0 Å². The Morgan fingerprint density at radius 2 is 2.00 bits per heavy atom. The van der Waals surface area contributed by atoms with Gasteiger partial charge in [-0.1, -0.05) is 0 Å². The summed E-state index contributed by atoms with van der Waals surface area (Å²) in [4.78, 5) is 3.32. The Kier molecular flexibility index (Phi) is 35.3. The molecule has 0 rings (SSSR count). The zero-order valence-electron chi connectivity index (χ0n) is 3.47. The molecule has 0 saturated heterocycles. The van der Waals surface area contributed by atoms with Crippen molar-refractivity contribution < 1.29 is 71.2 Å². The Bertz CT molecular complexity index is 32.9. The van der Waals surface area contributed by atoms with Gasteiger partial charge in [0.1, 0.15) is 0 Å². The molecule has 0 fully saturated rings. The summed E-state index contributed by atoms with van der Waals surface area (Å²) in [5.74, 6) is 0. The first-order chi connectivity index (χ1) is 2.41. The molecular weight excluding hydrogens is 209 g/mol. The second-order valence-electron chi connectivity index (χ2n) is 0.198. The van der Waals surface area contributed by atoms with Gasteiger partial charge in [-0.2, -0.15) is 0 Å². The molecule has 0 saturated carbocycles. The molecule has 7 heavy (non-hydrogen) atoms. The summed E-state index contributed by atoms with van der Waals surface area (Å²) >= 11 is 2.40. The molecule has 0 aromatic rings. The van der Waals surface area contributed by atoms with Crippen molar-refractivity contribution in [3.05, 3.63) is 0 Å². The van der Waals surface area contributed by atoms with Crippen LogP contribution in [0.5, 0.6) is 0 Å². The van der Waals surface area contributed by atoms with E-state index in [1.807, 2.05) is 0 Å². The predicted molar refractivity (Wildman–Crippen MR) is 8.21 cm³/mol. The van der Waals surface area contributed by atoms with Crippen molar-refractivity contribution in [2.45, 2.75) is 0 Å². The fourth-order valence-corrected chi connectivity index (χ4v) is 0.0543. The summed E-state index contributed by atoms with van der Waals surface area (Å²) < 4.78 is 2.63. The first-order valence-corrected chi connectivity index (χ1v) is 1.31. The molecule has 0 aliphatic rings. The van der Waals surface area contributed by atoms with Gasteiger partial charge in [0.2, 0.25) is 0 Å². The van der Waals surface area contributed by atoms with Crippen LogP contribution < -0.4 is 34.8 Å². The third-order valence-electron chi connectivity index (χ3n) is 0.0529. The molecule has 0 aromatic carbocycles. The van der Waals surface area contributed by atoms with Gasteiger partial charge >= 0.3 is 69.2 Å². The molecular formula is H2AgNNaO4. The van der Waals surface area contributed by atoms with Crippen molar-refractivity contribution in [3.63, 3.8) is 0 Å². The Morgan fingerprint density at radius 3 is 2.00 bits per heavy atom. The van der Waals surface area contributed by atoms with Gasteiger partial charge in [-0.25, -0.2) is 0 Å². The molecule has 0 amide bonds. The van der Waals surface area contributed by atoms with Crippen molar-refractivity contribution in [2.24, 2.45) is 3.50 Å². The zero-order valence-corrected chi connectivity index (χ0v) is 6.96. The summed E-state index contributed by atoms with van der Waals surface area (Å²) in [6, 6.07) is 0. The summed E-state index contributed by atoms with van der Waals surface area (Å²) in [5, 5.41) is 11.4. The fourth-order valence-electron chi connectivity index (χ4n) is 0.00917. The third kappa shape index (κ3) is 18.7. The van der Waals surface area contributed by atoms with Crippen molar-refractivity contribution in [1.29, 1.82) is 0 Å². The van der Waals surface area contributed by atoms with E-state index in [1.165, 1.54) is 0 Å². The summed E-state index contributed by atoms with van der Waals surface area (Å²) in [6.45, 7) is 0. The van der Waals surface area contributed by atoms with Crippen LogP contribution in [0.3, 0.4) is 0 Å². The number of hydrogen-bond donors (Lipinski definition) is 0. The molecule has 5 nitrogen and oxygen atoms in total. The average molecular weight is 211 g/mol. The summed E-state index contributed by atoms with van der Waals surface area (Å²) in [6.07, 6.45) is 0. The van der Waals surface area contributed by atoms with Crippen molar-refractivity contribution >= 4 is 0 Å². The van der Waals surface area contributed by atoms with Crippen molar-refractivity contribution in [3.8, 4) is 0 Å². The van der Waals surface area contributed by atoms with Crippen molar-refractivity contribution in [1.82, 2.24) is 0 Å². The monoisotopic (exact) mass is 210 g/mol. The maximum absolute atomic E-state index is 8.68. The molecule has 0 aromatic heterocycles. The molecule has 0 aliphatic carbocycles. The van der Waals surface area contributed by atoms with E-state index in [1.54, 1.807) is 0 Å². The van der Waals surface area contributed by atoms with Crippen LogP contribution in [0.2, 0.25) is 0 Å². The van der Waals surface area contributed by atoms with Crippen LogP contribution in [0, 0.1) is 0 Å². The summed E-state index contributed by atoms with van der Waals surface area (Å²) in [5.41, 5.74) is 0. The van der Waals surface area contributed by atoms with Gasteiger partial charge in [-0.05, 0) is 0 Å². The van der Waals surface area contributed by atoms with Crippen LogP contribution in [0.1, 0.15) is 0 Å². The van der Waals surface area contributed by atoms with Crippen LogP contribution in [-0.2, 0) is 30.9 Å². The predicted octanol–water partition coefficient (Wildman–Crippen LogP) is -4.97. The minimum absolute atomic E-state index is 0. The van der Waals surface area contributed by atoms with Crippen LogP contribution >= 0.6 is 0 Å². The fraction of sp³-hybridized carbons (Fsp3) is 0. The molecule has 43 valence electrons. The summed E-state index contributed by atoms with van der Waals surface area (Å²) in [7, 11) is 0. The molecule has 0 heterocycles. The number of nitrogens with zero attached hydrogens (tertiary/aromatic N) is 1. The van der Waals surface area contributed by atoms with E-state index in [0.29, 0.717) is 0 Å². The van der Waals surface area contributed by atoms with Crippen LogP contribution in [0.4, 0.5) is 0 Å². The molecule has 0 spiro atoms.